The van der Waals surface area contributed by atoms with Crippen molar-refractivity contribution in [1.29, 1.82) is 0 Å². The topological polar surface area (TPSA) is 79.5 Å². The molecule has 0 aliphatic carbocycles. The number of carboxylic acids is 1. The van der Waals surface area contributed by atoms with Crippen LogP contribution in [0.1, 0.15) is 42.1 Å². The highest BCUT2D eigenvalue weighted by molar-refractivity contribution is 5.88. The number of aryl methyl sites for hydroxylation is 1. The largest absolute Gasteiger partial charge is 0.478 e. The molecule has 0 bridgehead atoms. The fourth-order valence-corrected chi connectivity index (χ4v) is 1.47. The van der Waals surface area contributed by atoms with Crippen LogP contribution in [0.4, 0.5) is 0 Å². The van der Waals surface area contributed by atoms with Gasteiger partial charge in [0.25, 0.3) is 0 Å². The number of carbonyl (C=O) groups is 2. The molecule has 2 N–H and O–H groups in total. The summed E-state index contributed by atoms with van der Waals surface area (Å²) in [5, 5.41) is 11.5. The van der Waals surface area contributed by atoms with E-state index in [2.05, 4.69) is 5.32 Å². The number of carboxylic acid groups (broad SMARTS) is 1. The highest BCUT2D eigenvalue weighted by Crippen LogP contribution is 2.14. The molecular weight excluding hydrogens is 222 g/mol. The van der Waals surface area contributed by atoms with E-state index in [-0.39, 0.29) is 18.0 Å². The van der Waals surface area contributed by atoms with Gasteiger partial charge in [-0.15, -0.1) is 0 Å². The summed E-state index contributed by atoms with van der Waals surface area (Å²) >= 11 is 0. The number of amides is 1. The monoisotopic (exact) mass is 239 g/mol. The molecule has 0 unspecified atom stereocenters. The summed E-state index contributed by atoms with van der Waals surface area (Å²) in [6, 6.07) is 1.44. The first-order chi connectivity index (χ1) is 7.90. The molecule has 1 rings (SSSR count). The van der Waals surface area contributed by atoms with Crippen molar-refractivity contribution in [2.75, 3.05) is 0 Å². The summed E-state index contributed by atoms with van der Waals surface area (Å²) in [7, 11) is 0. The lowest BCUT2D eigenvalue weighted by Crippen LogP contribution is -2.23. The van der Waals surface area contributed by atoms with Gasteiger partial charge in [-0.05, 0) is 18.9 Å². The number of hydrogen-bond acceptors (Lipinski definition) is 3. The fourth-order valence-electron chi connectivity index (χ4n) is 1.47. The van der Waals surface area contributed by atoms with Crippen LogP contribution >= 0.6 is 0 Å². The summed E-state index contributed by atoms with van der Waals surface area (Å²) in [5.74, 6) is 0.0162. The maximum absolute atomic E-state index is 11.4. The number of aromatic carboxylic acids is 1. The van der Waals surface area contributed by atoms with E-state index < -0.39 is 5.97 Å². The molecule has 0 radical (unpaired) electrons. The fraction of sp³-hybridized carbons (Fsp3) is 0.500. The predicted octanol–water partition coefficient (Wildman–Crippen LogP) is 1.95. The van der Waals surface area contributed by atoms with Crippen LogP contribution in [-0.4, -0.2) is 17.0 Å². The highest BCUT2D eigenvalue weighted by atomic mass is 16.4. The number of nitrogens with one attached hydrogen (secondary N) is 1. The Balaban J connectivity index is 2.55. The third-order valence-electron chi connectivity index (χ3n) is 2.25. The van der Waals surface area contributed by atoms with E-state index in [0.717, 1.165) is 0 Å². The van der Waals surface area contributed by atoms with Crippen LogP contribution in [0, 0.1) is 12.8 Å². The van der Waals surface area contributed by atoms with Gasteiger partial charge in [0, 0.05) is 6.42 Å². The van der Waals surface area contributed by atoms with Crippen molar-refractivity contribution in [2.45, 2.75) is 33.7 Å². The molecule has 0 saturated heterocycles. The first kappa shape index (κ1) is 13.3. The van der Waals surface area contributed by atoms with Gasteiger partial charge in [0.2, 0.25) is 5.91 Å². The summed E-state index contributed by atoms with van der Waals surface area (Å²) in [5.41, 5.74) is 0.137. The van der Waals surface area contributed by atoms with Crippen molar-refractivity contribution in [2.24, 2.45) is 5.92 Å². The van der Waals surface area contributed by atoms with E-state index in [9.17, 15) is 9.59 Å². The lowest BCUT2D eigenvalue weighted by atomic mass is 10.1. The summed E-state index contributed by atoms with van der Waals surface area (Å²) in [6.07, 6.45) is 0.450. The normalized spacial score (nSPS) is 10.6. The van der Waals surface area contributed by atoms with Gasteiger partial charge in [0.15, 0.2) is 0 Å². The van der Waals surface area contributed by atoms with Crippen LogP contribution in [0.25, 0.3) is 0 Å². The molecule has 0 aromatic carbocycles. The number of furan rings is 1. The molecule has 1 amide bonds. The highest BCUT2D eigenvalue weighted by Gasteiger charge is 2.14. The first-order valence-electron chi connectivity index (χ1n) is 5.49. The molecule has 5 heteroatoms. The first-order valence-corrected chi connectivity index (χ1v) is 5.49. The van der Waals surface area contributed by atoms with Gasteiger partial charge in [-0.2, -0.15) is 0 Å². The smallest absolute Gasteiger partial charge is 0.339 e. The minimum Gasteiger partial charge on any atom is -0.478 e. The molecule has 1 aromatic heterocycles. The molecule has 5 nitrogen and oxygen atoms in total. The molecule has 94 valence electrons. The lowest BCUT2D eigenvalue weighted by Gasteiger charge is -2.04. The minimum absolute atomic E-state index is 0.0640. The van der Waals surface area contributed by atoms with Crippen molar-refractivity contribution in [3.63, 3.8) is 0 Å². The Morgan fingerprint density at radius 2 is 2.12 bits per heavy atom. The maximum Gasteiger partial charge on any atom is 0.339 e. The minimum atomic E-state index is -1.02. The van der Waals surface area contributed by atoms with Crippen molar-refractivity contribution in [3.05, 3.63) is 23.2 Å². The SMILES string of the molecule is Cc1oc(CNC(=O)CC(C)C)cc1C(=O)O. The molecule has 0 aliphatic rings. The Morgan fingerprint density at radius 1 is 1.47 bits per heavy atom. The van der Waals surface area contributed by atoms with Gasteiger partial charge in [-0.3, -0.25) is 4.79 Å². The molecule has 0 aliphatic heterocycles. The van der Waals surface area contributed by atoms with Crippen LogP contribution in [0.15, 0.2) is 10.5 Å². The Labute approximate surface area is 99.8 Å². The van der Waals surface area contributed by atoms with Crippen molar-refractivity contribution in [1.82, 2.24) is 5.32 Å². The van der Waals surface area contributed by atoms with Crippen molar-refractivity contribution < 1.29 is 19.1 Å². The molecule has 17 heavy (non-hydrogen) atoms. The lowest BCUT2D eigenvalue weighted by molar-refractivity contribution is -0.122. The molecule has 1 aromatic rings. The quantitative estimate of drug-likeness (QED) is 0.823. The number of rotatable bonds is 5. The van der Waals surface area contributed by atoms with Crippen LogP contribution in [0.2, 0.25) is 0 Å². The van der Waals surface area contributed by atoms with E-state index in [1.807, 2.05) is 13.8 Å². The standard InChI is InChI=1S/C12H17NO4/c1-7(2)4-11(14)13-6-9-5-10(12(15)16)8(3)17-9/h5,7H,4,6H2,1-3H3,(H,13,14)(H,15,16). The number of hydrogen-bond donors (Lipinski definition) is 2. The second-order valence-corrected chi connectivity index (χ2v) is 4.36. The molecule has 0 saturated carbocycles. The molecule has 0 spiro atoms. The average molecular weight is 239 g/mol. The van der Waals surface area contributed by atoms with Gasteiger partial charge in [0.05, 0.1) is 6.54 Å². The second kappa shape index (κ2) is 5.52. The van der Waals surface area contributed by atoms with Crippen LogP contribution in [0.5, 0.6) is 0 Å². The predicted molar refractivity (Wildman–Crippen MR) is 61.7 cm³/mol. The van der Waals surface area contributed by atoms with Gasteiger partial charge in [-0.1, -0.05) is 13.8 Å². The van der Waals surface area contributed by atoms with Crippen molar-refractivity contribution in [3.8, 4) is 0 Å². The Hall–Kier alpha value is -1.78. The Morgan fingerprint density at radius 3 is 2.59 bits per heavy atom. The average Bonchev–Trinajstić information content (AvgIpc) is 2.56. The van der Waals surface area contributed by atoms with Gasteiger partial charge >= 0.3 is 5.97 Å². The Bertz CT molecular complexity index is 420. The number of carbonyl (C=O) groups excluding carboxylic acids is 1. The van der Waals surface area contributed by atoms with E-state index in [1.165, 1.54) is 6.07 Å². The summed E-state index contributed by atoms with van der Waals surface area (Å²) in [4.78, 5) is 22.2. The van der Waals surface area contributed by atoms with Crippen LogP contribution in [-0.2, 0) is 11.3 Å². The maximum atomic E-state index is 11.4. The molecule has 0 fully saturated rings. The summed E-state index contributed by atoms with van der Waals surface area (Å²) < 4.78 is 5.24. The van der Waals surface area contributed by atoms with E-state index in [4.69, 9.17) is 9.52 Å². The molecule has 0 atom stereocenters. The third kappa shape index (κ3) is 3.94. The van der Waals surface area contributed by atoms with E-state index >= 15 is 0 Å². The van der Waals surface area contributed by atoms with Crippen molar-refractivity contribution >= 4 is 11.9 Å². The van der Waals surface area contributed by atoms with Crippen LogP contribution < -0.4 is 5.32 Å². The second-order valence-electron chi connectivity index (χ2n) is 4.36. The Kier molecular flexibility index (Phi) is 4.31. The van der Waals surface area contributed by atoms with E-state index in [1.54, 1.807) is 6.92 Å². The zero-order valence-corrected chi connectivity index (χ0v) is 10.2. The molecule has 1 heterocycles. The van der Waals surface area contributed by atoms with E-state index in [0.29, 0.717) is 23.9 Å². The van der Waals surface area contributed by atoms with Gasteiger partial charge < -0.3 is 14.8 Å². The van der Waals surface area contributed by atoms with Crippen LogP contribution in [0.3, 0.4) is 0 Å². The zero-order chi connectivity index (χ0) is 13.0. The summed E-state index contributed by atoms with van der Waals surface area (Å²) in [6.45, 7) is 5.72. The molecular formula is C12H17NO4. The van der Waals surface area contributed by atoms with Gasteiger partial charge in [0.1, 0.15) is 17.1 Å². The third-order valence-corrected chi connectivity index (χ3v) is 2.25. The van der Waals surface area contributed by atoms with Gasteiger partial charge in [-0.25, -0.2) is 4.79 Å². The zero-order valence-electron chi connectivity index (χ0n) is 10.2.